The highest BCUT2D eigenvalue weighted by Gasteiger charge is 2.41. The zero-order valence-electron chi connectivity index (χ0n) is 12.2. The van der Waals surface area contributed by atoms with Crippen LogP contribution in [0.4, 0.5) is 8.78 Å². The Hall–Kier alpha value is -1.98. The Labute approximate surface area is 127 Å². The second-order valence-electron chi connectivity index (χ2n) is 5.96. The lowest BCUT2D eigenvalue weighted by atomic mass is 9.89. The van der Waals surface area contributed by atoms with Crippen molar-refractivity contribution < 1.29 is 13.6 Å². The van der Waals surface area contributed by atoms with Gasteiger partial charge in [-0.15, -0.1) is 0 Å². The predicted molar refractivity (Wildman–Crippen MR) is 79.6 cm³/mol. The molecule has 1 aliphatic carbocycles. The van der Waals surface area contributed by atoms with Crippen molar-refractivity contribution in [2.75, 3.05) is 6.54 Å². The molecule has 0 unspecified atom stereocenters. The van der Waals surface area contributed by atoms with E-state index in [1.807, 2.05) is 0 Å². The molecule has 22 heavy (non-hydrogen) atoms. The van der Waals surface area contributed by atoms with Gasteiger partial charge in [0.05, 0.1) is 11.7 Å². The van der Waals surface area contributed by atoms with Crippen LogP contribution in [0.15, 0.2) is 24.4 Å². The van der Waals surface area contributed by atoms with Crippen LogP contribution in [0.5, 0.6) is 0 Å². The molecule has 0 spiro atoms. The average Bonchev–Trinajstić information content (AvgIpc) is 3.01. The second-order valence-corrected chi connectivity index (χ2v) is 5.96. The van der Waals surface area contributed by atoms with Crippen LogP contribution < -0.4 is 5.32 Å². The third-order valence-corrected chi connectivity index (χ3v) is 4.36. The van der Waals surface area contributed by atoms with E-state index in [4.69, 9.17) is 0 Å². The first-order valence-electron chi connectivity index (χ1n) is 7.67. The third kappa shape index (κ3) is 2.96. The van der Waals surface area contributed by atoms with Crippen LogP contribution in [-0.4, -0.2) is 22.6 Å². The van der Waals surface area contributed by atoms with Crippen molar-refractivity contribution in [1.29, 1.82) is 0 Å². The zero-order valence-corrected chi connectivity index (χ0v) is 12.2. The quantitative estimate of drug-likeness (QED) is 0.910. The van der Waals surface area contributed by atoms with Gasteiger partial charge in [0.2, 0.25) is 0 Å². The van der Waals surface area contributed by atoms with Crippen LogP contribution in [0.2, 0.25) is 0 Å². The van der Waals surface area contributed by atoms with Crippen molar-refractivity contribution in [2.45, 2.75) is 38.0 Å². The molecule has 1 aromatic heterocycles. The minimum Gasteiger partial charge on any atom is -0.350 e. The molecule has 1 heterocycles. The molecule has 6 heteroatoms. The maximum Gasteiger partial charge on any atom is 0.349 e. The fraction of sp³-hybridized carbons (Fsp3) is 0.500. The number of H-pyrrole nitrogens is 1. The van der Waals surface area contributed by atoms with Crippen molar-refractivity contribution in [3.63, 3.8) is 0 Å². The van der Waals surface area contributed by atoms with Gasteiger partial charge in [0.1, 0.15) is 0 Å². The van der Waals surface area contributed by atoms with Gasteiger partial charge in [-0.3, -0.25) is 9.89 Å². The molecule has 0 saturated heterocycles. The van der Waals surface area contributed by atoms with Gasteiger partial charge in [-0.25, -0.2) is 0 Å². The van der Waals surface area contributed by atoms with Crippen molar-refractivity contribution in [3.05, 3.63) is 30.0 Å². The smallest absolute Gasteiger partial charge is 0.349 e. The number of benzene rings is 1. The number of hydrogen-bond donors (Lipinski definition) is 2. The minimum absolute atomic E-state index is 0.303. The van der Waals surface area contributed by atoms with Gasteiger partial charge in [0, 0.05) is 17.5 Å². The molecular formula is C16H19F2N3O. The lowest BCUT2D eigenvalue weighted by Crippen LogP contribution is -2.40. The van der Waals surface area contributed by atoms with Crippen molar-refractivity contribution >= 4 is 16.8 Å². The summed E-state index contributed by atoms with van der Waals surface area (Å²) in [4.78, 5) is 11.9. The largest absolute Gasteiger partial charge is 0.350 e. The molecule has 1 saturated carbocycles. The number of alkyl halides is 2. The molecule has 118 valence electrons. The molecule has 2 N–H and O–H groups in total. The highest BCUT2D eigenvalue weighted by atomic mass is 19.3. The lowest BCUT2D eigenvalue weighted by Gasteiger charge is -2.23. The highest BCUT2D eigenvalue weighted by Crippen LogP contribution is 2.30. The van der Waals surface area contributed by atoms with Gasteiger partial charge in [-0.1, -0.05) is 25.3 Å². The summed E-state index contributed by atoms with van der Waals surface area (Å²) in [5.41, 5.74) is 0.365. The fourth-order valence-electron chi connectivity index (χ4n) is 3.01. The van der Waals surface area contributed by atoms with E-state index in [0.29, 0.717) is 23.4 Å². The van der Waals surface area contributed by atoms with Gasteiger partial charge >= 0.3 is 5.92 Å². The second kappa shape index (κ2) is 6.02. The Morgan fingerprint density at radius 2 is 2.09 bits per heavy atom. The lowest BCUT2D eigenvalue weighted by molar-refractivity contribution is -0.147. The monoisotopic (exact) mass is 307 g/mol. The molecule has 1 aliphatic rings. The number of amides is 1. The molecule has 1 amide bonds. The number of hydrogen-bond acceptors (Lipinski definition) is 2. The van der Waals surface area contributed by atoms with E-state index in [2.05, 4.69) is 15.5 Å². The number of nitrogens with one attached hydrogen (secondary N) is 2. The fourth-order valence-corrected chi connectivity index (χ4v) is 3.01. The van der Waals surface area contributed by atoms with Crippen LogP contribution in [0, 0.1) is 5.92 Å². The number of carbonyl (C=O) groups is 1. The van der Waals surface area contributed by atoms with Gasteiger partial charge in [0.25, 0.3) is 5.91 Å². The average molecular weight is 307 g/mol. The van der Waals surface area contributed by atoms with Crippen LogP contribution in [-0.2, 0) is 10.7 Å². The maximum absolute atomic E-state index is 14.3. The first kappa shape index (κ1) is 14.9. The summed E-state index contributed by atoms with van der Waals surface area (Å²) >= 11 is 0. The molecule has 2 aromatic rings. The van der Waals surface area contributed by atoms with Gasteiger partial charge in [-0.05, 0) is 30.9 Å². The summed E-state index contributed by atoms with van der Waals surface area (Å²) in [7, 11) is 0. The summed E-state index contributed by atoms with van der Waals surface area (Å²) in [6.45, 7) is 0.336. The van der Waals surface area contributed by atoms with Crippen molar-refractivity contribution in [3.8, 4) is 0 Å². The number of rotatable bonds is 4. The molecule has 0 aliphatic heterocycles. The molecule has 1 fully saturated rings. The number of aromatic nitrogens is 2. The summed E-state index contributed by atoms with van der Waals surface area (Å²) in [6.07, 6.45) is 6.92. The van der Waals surface area contributed by atoms with Crippen molar-refractivity contribution in [2.24, 2.45) is 5.92 Å². The third-order valence-electron chi connectivity index (χ3n) is 4.36. The van der Waals surface area contributed by atoms with Gasteiger partial charge < -0.3 is 5.32 Å². The van der Waals surface area contributed by atoms with Crippen LogP contribution in [0.25, 0.3) is 10.9 Å². The molecule has 0 bridgehead atoms. The first-order chi connectivity index (χ1) is 10.6. The standard InChI is InChI=1S/C16H19F2N3O/c17-16(18,13-6-7-14-12(8-13)10-20-21-14)15(22)19-9-11-4-2-1-3-5-11/h6-8,10-11H,1-5,9H2,(H,19,22)(H,20,21). The summed E-state index contributed by atoms with van der Waals surface area (Å²) in [5, 5.41) is 9.48. The Balaban J connectivity index is 1.68. The number of aromatic amines is 1. The van der Waals surface area contributed by atoms with E-state index in [-0.39, 0.29) is 5.56 Å². The highest BCUT2D eigenvalue weighted by molar-refractivity contribution is 5.87. The van der Waals surface area contributed by atoms with Gasteiger partial charge in [-0.2, -0.15) is 13.9 Å². The maximum atomic E-state index is 14.3. The Bertz CT molecular complexity index is 662. The van der Waals surface area contributed by atoms with E-state index in [0.717, 1.165) is 25.7 Å². The Kier molecular flexibility index (Phi) is 4.09. The molecule has 3 rings (SSSR count). The van der Waals surface area contributed by atoms with E-state index < -0.39 is 11.8 Å². The zero-order chi connectivity index (χ0) is 15.6. The number of halogens is 2. The topological polar surface area (TPSA) is 57.8 Å². The number of fused-ring (bicyclic) bond motifs is 1. The Morgan fingerprint density at radius 1 is 1.32 bits per heavy atom. The van der Waals surface area contributed by atoms with Crippen LogP contribution >= 0.6 is 0 Å². The summed E-state index contributed by atoms with van der Waals surface area (Å²) < 4.78 is 28.6. The van der Waals surface area contributed by atoms with E-state index >= 15 is 0 Å². The minimum atomic E-state index is -3.53. The molecule has 0 radical (unpaired) electrons. The SMILES string of the molecule is O=C(NCC1CCCCC1)C(F)(F)c1ccc2[nH]ncc2c1. The molecule has 0 atom stereocenters. The number of nitrogens with zero attached hydrogens (tertiary/aromatic N) is 1. The molecular weight excluding hydrogens is 288 g/mol. The predicted octanol–water partition coefficient (Wildman–Crippen LogP) is 3.35. The first-order valence-corrected chi connectivity index (χ1v) is 7.67. The van der Waals surface area contributed by atoms with Crippen LogP contribution in [0.3, 0.4) is 0 Å². The summed E-state index contributed by atoms with van der Waals surface area (Å²) in [6, 6.07) is 4.08. The van der Waals surface area contributed by atoms with Gasteiger partial charge in [0.15, 0.2) is 0 Å². The van der Waals surface area contributed by atoms with Crippen LogP contribution in [0.1, 0.15) is 37.7 Å². The van der Waals surface area contributed by atoms with E-state index in [9.17, 15) is 13.6 Å². The normalized spacial score (nSPS) is 16.8. The number of carbonyl (C=O) groups excluding carboxylic acids is 1. The molecule has 1 aromatic carbocycles. The Morgan fingerprint density at radius 3 is 2.86 bits per heavy atom. The van der Waals surface area contributed by atoms with E-state index in [1.54, 1.807) is 0 Å². The summed E-state index contributed by atoms with van der Waals surface area (Å²) in [5.74, 6) is -4.43. The molecule has 4 nitrogen and oxygen atoms in total. The van der Waals surface area contributed by atoms with E-state index in [1.165, 1.54) is 30.8 Å². The van der Waals surface area contributed by atoms with Crippen molar-refractivity contribution in [1.82, 2.24) is 15.5 Å².